The van der Waals surface area contributed by atoms with Gasteiger partial charge in [0.05, 0.1) is 24.0 Å². The van der Waals surface area contributed by atoms with Gasteiger partial charge in [0.15, 0.2) is 5.82 Å². The third-order valence-electron chi connectivity index (χ3n) is 8.70. The summed E-state index contributed by atoms with van der Waals surface area (Å²) in [6, 6.07) is 21.3. The summed E-state index contributed by atoms with van der Waals surface area (Å²) in [6.07, 6.45) is 2.08. The molecule has 3 amide bonds. The van der Waals surface area contributed by atoms with Gasteiger partial charge in [0.2, 0.25) is 21.8 Å². The molecule has 0 aliphatic rings. The maximum absolute atomic E-state index is 13.9. The van der Waals surface area contributed by atoms with Gasteiger partial charge in [-0.25, -0.2) is 8.42 Å². The molecule has 0 saturated heterocycles. The largest absolute Gasteiger partial charge is 0.348 e. The lowest BCUT2D eigenvalue weighted by molar-refractivity contribution is -0.124. The van der Waals surface area contributed by atoms with Crippen LogP contribution in [0.1, 0.15) is 90.3 Å². The highest BCUT2D eigenvalue weighted by Crippen LogP contribution is 2.23. The average molecular weight is 732 g/mol. The molecular weight excluding hydrogens is 683 g/mol. The summed E-state index contributed by atoms with van der Waals surface area (Å²) >= 11 is 0. The minimum Gasteiger partial charge on any atom is -0.348 e. The van der Waals surface area contributed by atoms with E-state index in [2.05, 4.69) is 31.4 Å². The number of aryl methyl sites for hydroxylation is 1. The second kappa shape index (κ2) is 17.9. The molecule has 2 unspecified atom stereocenters. The highest BCUT2D eigenvalue weighted by Gasteiger charge is 2.27. The smallest absolute Gasteiger partial charge is 0.251 e. The molecule has 0 fully saturated rings. The van der Waals surface area contributed by atoms with Crippen molar-refractivity contribution in [2.24, 2.45) is 5.92 Å². The molecular formula is C38H49N7O6S. The lowest BCUT2D eigenvalue weighted by Crippen LogP contribution is -2.50. The number of aromatic nitrogens is 2. The van der Waals surface area contributed by atoms with Crippen molar-refractivity contribution in [1.82, 2.24) is 31.4 Å². The van der Waals surface area contributed by atoms with E-state index in [0.717, 1.165) is 21.7 Å². The van der Waals surface area contributed by atoms with Crippen LogP contribution in [-0.2, 0) is 27.7 Å². The van der Waals surface area contributed by atoms with Crippen LogP contribution < -0.4 is 25.6 Å². The van der Waals surface area contributed by atoms with E-state index in [0.29, 0.717) is 24.6 Å². The first-order chi connectivity index (χ1) is 24.7. The van der Waals surface area contributed by atoms with E-state index in [9.17, 15) is 22.8 Å². The molecule has 0 spiro atoms. The van der Waals surface area contributed by atoms with E-state index in [-0.39, 0.29) is 41.2 Å². The molecule has 52 heavy (non-hydrogen) atoms. The number of amides is 3. The van der Waals surface area contributed by atoms with Crippen molar-refractivity contribution in [3.8, 4) is 0 Å². The zero-order valence-electron chi connectivity index (χ0n) is 30.7. The van der Waals surface area contributed by atoms with E-state index in [1.165, 1.54) is 25.2 Å². The van der Waals surface area contributed by atoms with Crippen molar-refractivity contribution >= 4 is 33.4 Å². The Bertz CT molecular complexity index is 1920. The summed E-state index contributed by atoms with van der Waals surface area (Å²) in [4.78, 5) is 45.1. The fraction of sp³-hybridized carbons (Fsp3) is 0.395. The van der Waals surface area contributed by atoms with E-state index < -0.39 is 40.0 Å². The molecule has 4 atom stereocenters. The van der Waals surface area contributed by atoms with Crippen LogP contribution in [0.4, 0.5) is 5.69 Å². The molecule has 0 bridgehead atoms. The van der Waals surface area contributed by atoms with Crippen molar-refractivity contribution in [3.63, 3.8) is 0 Å². The van der Waals surface area contributed by atoms with Gasteiger partial charge in [-0.1, -0.05) is 86.6 Å². The SMILES string of the molecule is CCc1noc(C(NC(=O)C(C)NC[C@H](Cc2ccccc2)NC(=O)c2cc(C(=O)N[C@H](C)c3ccccc3)cc(N(C)S(C)(=O)=O)c2)C(C)C)n1. The highest BCUT2D eigenvalue weighted by atomic mass is 32.2. The molecule has 278 valence electrons. The standard InChI is InChI=1S/C38H49N7O6S/c1-8-33-42-38(51-44-33)34(24(2)3)43-35(46)26(5)39-23-31(19-27-15-11-9-12-16-27)41-37(48)30-20-29(21-32(22-30)45(6)52(7,49)50)36(47)40-25(4)28-17-13-10-14-18-28/h9-18,20-22,24-26,31,34,39H,8,19,23H2,1-7H3,(H,40,47)(H,41,48)(H,43,46)/t25-,26?,31+,34?/m1/s1. The molecule has 0 saturated carbocycles. The fourth-order valence-electron chi connectivity index (χ4n) is 5.43. The maximum Gasteiger partial charge on any atom is 0.251 e. The number of nitrogens with zero attached hydrogens (tertiary/aromatic N) is 3. The molecule has 14 heteroatoms. The Morgan fingerprint density at radius 2 is 1.44 bits per heavy atom. The lowest BCUT2D eigenvalue weighted by Gasteiger charge is -2.25. The van der Waals surface area contributed by atoms with Gasteiger partial charge in [0.25, 0.3) is 11.8 Å². The predicted octanol–water partition coefficient (Wildman–Crippen LogP) is 4.35. The summed E-state index contributed by atoms with van der Waals surface area (Å²) < 4.78 is 31.5. The van der Waals surface area contributed by atoms with Gasteiger partial charge in [-0.05, 0) is 55.5 Å². The fourth-order valence-corrected chi connectivity index (χ4v) is 5.92. The molecule has 13 nitrogen and oxygen atoms in total. The van der Waals surface area contributed by atoms with E-state index in [1.807, 2.05) is 88.4 Å². The van der Waals surface area contributed by atoms with Crippen molar-refractivity contribution in [2.45, 2.75) is 71.6 Å². The van der Waals surface area contributed by atoms with Gasteiger partial charge < -0.3 is 25.8 Å². The van der Waals surface area contributed by atoms with Gasteiger partial charge in [-0.2, -0.15) is 4.98 Å². The molecule has 1 heterocycles. The number of hydrogen-bond acceptors (Lipinski definition) is 9. The number of rotatable bonds is 17. The van der Waals surface area contributed by atoms with Gasteiger partial charge >= 0.3 is 0 Å². The minimum atomic E-state index is -3.72. The zero-order chi connectivity index (χ0) is 38.0. The van der Waals surface area contributed by atoms with Gasteiger partial charge in [-0.15, -0.1) is 0 Å². The summed E-state index contributed by atoms with van der Waals surface area (Å²) in [5, 5.41) is 16.2. The van der Waals surface area contributed by atoms with Crippen LogP contribution in [0.2, 0.25) is 0 Å². The van der Waals surface area contributed by atoms with Crippen LogP contribution in [0.5, 0.6) is 0 Å². The first-order valence-electron chi connectivity index (χ1n) is 17.3. The Morgan fingerprint density at radius 1 is 0.846 bits per heavy atom. The second-order valence-corrected chi connectivity index (χ2v) is 15.2. The van der Waals surface area contributed by atoms with Crippen molar-refractivity contribution in [2.75, 3.05) is 24.2 Å². The molecule has 4 aromatic rings. The van der Waals surface area contributed by atoms with E-state index in [4.69, 9.17) is 4.52 Å². The van der Waals surface area contributed by atoms with Crippen molar-refractivity contribution in [3.05, 3.63) is 113 Å². The number of sulfonamides is 1. The van der Waals surface area contributed by atoms with Gasteiger partial charge in [0, 0.05) is 37.2 Å². The monoisotopic (exact) mass is 731 g/mol. The Balaban J connectivity index is 1.55. The molecule has 0 radical (unpaired) electrons. The number of anilines is 1. The Morgan fingerprint density at radius 3 is 2.00 bits per heavy atom. The van der Waals surface area contributed by atoms with E-state index >= 15 is 0 Å². The quantitative estimate of drug-likeness (QED) is 0.123. The molecule has 3 aromatic carbocycles. The number of carbonyl (C=O) groups is 3. The number of carbonyl (C=O) groups excluding carboxylic acids is 3. The summed E-state index contributed by atoms with van der Waals surface area (Å²) in [5.41, 5.74) is 2.21. The number of benzene rings is 3. The number of nitrogens with one attached hydrogen (secondary N) is 4. The Labute approximate surface area is 306 Å². The van der Waals surface area contributed by atoms with Gasteiger partial charge in [0.1, 0.15) is 6.04 Å². The average Bonchev–Trinajstić information content (AvgIpc) is 3.61. The van der Waals surface area contributed by atoms with Crippen molar-refractivity contribution in [1.29, 1.82) is 0 Å². The van der Waals surface area contributed by atoms with Crippen LogP contribution >= 0.6 is 0 Å². The Hall–Kier alpha value is -5.08. The van der Waals surface area contributed by atoms with Crippen LogP contribution in [0.25, 0.3) is 0 Å². The maximum atomic E-state index is 13.9. The number of hydrogen-bond donors (Lipinski definition) is 4. The normalized spacial score (nSPS) is 13.8. The summed E-state index contributed by atoms with van der Waals surface area (Å²) in [5.74, 6) is -0.384. The first-order valence-corrected chi connectivity index (χ1v) is 19.2. The minimum absolute atomic E-state index is 0.0162. The molecule has 0 aliphatic carbocycles. The van der Waals surface area contributed by atoms with Gasteiger partial charge in [-0.3, -0.25) is 18.7 Å². The molecule has 0 aliphatic heterocycles. The Kier molecular flexibility index (Phi) is 13.7. The lowest BCUT2D eigenvalue weighted by atomic mass is 10.0. The zero-order valence-corrected chi connectivity index (χ0v) is 31.5. The molecule has 4 rings (SSSR count). The third kappa shape index (κ3) is 11.0. The first kappa shape index (κ1) is 39.7. The van der Waals surface area contributed by atoms with Crippen LogP contribution in [-0.4, -0.2) is 68.2 Å². The second-order valence-electron chi connectivity index (χ2n) is 13.2. The third-order valence-corrected chi connectivity index (χ3v) is 9.91. The summed E-state index contributed by atoms with van der Waals surface area (Å²) in [7, 11) is -2.36. The van der Waals surface area contributed by atoms with Crippen molar-refractivity contribution < 1.29 is 27.3 Å². The summed E-state index contributed by atoms with van der Waals surface area (Å²) in [6.45, 7) is 9.60. The molecule has 4 N–H and O–H groups in total. The van der Waals surface area contributed by atoms with Crippen LogP contribution in [0.15, 0.2) is 83.4 Å². The topological polar surface area (TPSA) is 176 Å². The highest BCUT2D eigenvalue weighted by molar-refractivity contribution is 7.92. The van der Waals surface area contributed by atoms with Crippen LogP contribution in [0, 0.1) is 5.92 Å². The van der Waals surface area contributed by atoms with Crippen LogP contribution in [0.3, 0.4) is 0 Å². The predicted molar refractivity (Wildman–Crippen MR) is 200 cm³/mol. The molecule has 1 aromatic heterocycles. The van der Waals surface area contributed by atoms with E-state index in [1.54, 1.807) is 6.92 Å².